The molecule has 0 aliphatic heterocycles. The summed E-state index contributed by atoms with van der Waals surface area (Å²) >= 11 is 7.35. The molecule has 2 rings (SSSR count). The number of nitrogens with zero attached hydrogens (tertiary/aromatic N) is 2. The third-order valence-electron chi connectivity index (χ3n) is 2.99. The molecule has 0 bridgehead atoms. The van der Waals surface area contributed by atoms with E-state index in [1.54, 1.807) is 12.1 Å². The summed E-state index contributed by atoms with van der Waals surface area (Å²) in [5.74, 6) is 0. The molecule has 0 saturated heterocycles. The zero-order valence-corrected chi connectivity index (χ0v) is 14.3. The Hall–Kier alpha value is -1.74. The SMILES string of the molecule is C=CCN(Cc1cccs1)S(=O)(=O)c1c(Cl)cccc1[N+](=O)[O-]. The smallest absolute Gasteiger partial charge is 0.258 e. The van der Waals surface area contributed by atoms with Crippen molar-refractivity contribution in [3.8, 4) is 0 Å². The van der Waals surface area contributed by atoms with Gasteiger partial charge in [-0.3, -0.25) is 10.1 Å². The van der Waals surface area contributed by atoms with Crippen molar-refractivity contribution >= 4 is 38.6 Å². The normalized spacial score (nSPS) is 11.6. The number of rotatable bonds is 7. The van der Waals surface area contributed by atoms with Crippen LogP contribution in [0.25, 0.3) is 0 Å². The average Bonchev–Trinajstić information content (AvgIpc) is 2.99. The zero-order valence-electron chi connectivity index (χ0n) is 11.9. The Morgan fingerprint density at radius 2 is 2.09 bits per heavy atom. The molecule has 0 unspecified atom stereocenters. The van der Waals surface area contributed by atoms with Gasteiger partial charge in [0, 0.05) is 24.0 Å². The van der Waals surface area contributed by atoms with Crippen molar-refractivity contribution in [1.29, 1.82) is 0 Å². The van der Waals surface area contributed by atoms with Gasteiger partial charge in [-0.2, -0.15) is 4.31 Å². The number of thiophene rings is 1. The largest absolute Gasteiger partial charge is 0.290 e. The van der Waals surface area contributed by atoms with Crippen LogP contribution in [0, 0.1) is 10.1 Å². The monoisotopic (exact) mass is 372 g/mol. The Bertz CT molecular complexity index is 819. The van der Waals surface area contributed by atoms with Crippen molar-refractivity contribution in [2.45, 2.75) is 11.4 Å². The van der Waals surface area contributed by atoms with Crippen LogP contribution in [0.3, 0.4) is 0 Å². The van der Waals surface area contributed by atoms with E-state index < -0.39 is 25.5 Å². The third-order valence-corrected chi connectivity index (χ3v) is 6.18. The summed E-state index contributed by atoms with van der Waals surface area (Å²) in [6.07, 6.45) is 1.42. The van der Waals surface area contributed by atoms with Gasteiger partial charge >= 0.3 is 0 Å². The van der Waals surface area contributed by atoms with E-state index >= 15 is 0 Å². The summed E-state index contributed by atoms with van der Waals surface area (Å²) in [5, 5.41) is 12.8. The lowest BCUT2D eigenvalue weighted by molar-refractivity contribution is -0.387. The van der Waals surface area contributed by atoms with E-state index in [1.165, 1.54) is 29.5 Å². The van der Waals surface area contributed by atoms with Crippen molar-refractivity contribution < 1.29 is 13.3 Å². The first kappa shape index (κ1) is 17.6. The summed E-state index contributed by atoms with van der Waals surface area (Å²) in [6.45, 7) is 3.66. The Morgan fingerprint density at radius 1 is 1.35 bits per heavy atom. The average molecular weight is 373 g/mol. The van der Waals surface area contributed by atoms with Gasteiger partial charge in [-0.25, -0.2) is 8.42 Å². The topological polar surface area (TPSA) is 80.5 Å². The molecule has 1 aromatic carbocycles. The molecule has 0 saturated carbocycles. The van der Waals surface area contributed by atoms with Gasteiger partial charge in [-0.05, 0) is 17.5 Å². The molecule has 1 heterocycles. The maximum absolute atomic E-state index is 12.9. The minimum absolute atomic E-state index is 0.0165. The van der Waals surface area contributed by atoms with E-state index in [0.29, 0.717) is 0 Å². The molecule has 0 aliphatic carbocycles. The van der Waals surface area contributed by atoms with Gasteiger partial charge in [0.2, 0.25) is 0 Å². The zero-order chi connectivity index (χ0) is 17.0. The molecule has 9 heteroatoms. The van der Waals surface area contributed by atoms with Crippen LogP contribution in [0.1, 0.15) is 4.88 Å². The quantitative estimate of drug-likeness (QED) is 0.421. The van der Waals surface area contributed by atoms with Gasteiger partial charge in [0.05, 0.1) is 9.95 Å². The Balaban J connectivity index is 2.54. The lowest BCUT2D eigenvalue weighted by Gasteiger charge is -2.20. The molecule has 0 N–H and O–H groups in total. The fourth-order valence-electron chi connectivity index (χ4n) is 1.99. The van der Waals surface area contributed by atoms with Crippen molar-refractivity contribution in [1.82, 2.24) is 4.31 Å². The molecule has 0 fully saturated rings. The second-order valence-corrected chi connectivity index (χ2v) is 7.83. The standard InChI is InChI=1S/C14H13ClN2O4S2/c1-2-8-16(10-11-5-4-9-22-11)23(20,21)14-12(15)6-3-7-13(14)17(18)19/h2-7,9H,1,8,10H2. The molecule has 23 heavy (non-hydrogen) atoms. The lowest BCUT2D eigenvalue weighted by Crippen LogP contribution is -2.31. The van der Waals surface area contributed by atoms with E-state index in [2.05, 4.69) is 6.58 Å². The number of halogens is 1. The summed E-state index contributed by atoms with van der Waals surface area (Å²) < 4.78 is 26.9. The molecule has 0 amide bonds. The van der Waals surface area contributed by atoms with E-state index in [-0.39, 0.29) is 18.1 Å². The summed E-state index contributed by atoms with van der Waals surface area (Å²) in [5.41, 5.74) is -0.544. The summed E-state index contributed by atoms with van der Waals surface area (Å²) in [4.78, 5) is 10.7. The molecule has 0 radical (unpaired) electrons. The number of sulfonamides is 1. The predicted octanol–water partition coefficient (Wildman–Crippen LogP) is 3.69. The highest BCUT2D eigenvalue weighted by atomic mass is 35.5. The highest BCUT2D eigenvalue weighted by Gasteiger charge is 2.33. The molecule has 1 aromatic heterocycles. The number of nitro groups is 1. The summed E-state index contributed by atoms with van der Waals surface area (Å²) in [7, 11) is -4.15. The first-order chi connectivity index (χ1) is 10.9. The first-order valence-electron chi connectivity index (χ1n) is 6.44. The second-order valence-electron chi connectivity index (χ2n) is 4.51. The minimum Gasteiger partial charge on any atom is -0.258 e. The van der Waals surface area contributed by atoms with Crippen LogP contribution < -0.4 is 0 Å². The van der Waals surface area contributed by atoms with E-state index in [0.717, 1.165) is 15.2 Å². The summed E-state index contributed by atoms with van der Waals surface area (Å²) in [6, 6.07) is 7.37. The molecule has 2 aromatic rings. The Labute approximate surface area is 142 Å². The van der Waals surface area contributed by atoms with Crippen LogP contribution in [0.15, 0.2) is 53.3 Å². The van der Waals surface area contributed by atoms with Crippen LogP contribution >= 0.6 is 22.9 Å². The van der Waals surface area contributed by atoms with Gasteiger partial charge in [0.1, 0.15) is 0 Å². The maximum Gasteiger partial charge on any atom is 0.290 e. The third kappa shape index (κ3) is 3.78. The Kier molecular flexibility index (Phi) is 5.53. The molecule has 0 aliphatic rings. The number of hydrogen-bond donors (Lipinski definition) is 0. The molecular formula is C14H13ClN2O4S2. The minimum atomic E-state index is -4.15. The second kappa shape index (κ2) is 7.22. The van der Waals surface area contributed by atoms with Crippen LogP contribution in [0.5, 0.6) is 0 Å². The van der Waals surface area contributed by atoms with Gasteiger partial charge in [-0.1, -0.05) is 29.8 Å². The van der Waals surface area contributed by atoms with Crippen LogP contribution in [0.4, 0.5) is 5.69 Å². The number of hydrogen-bond acceptors (Lipinski definition) is 5. The van der Waals surface area contributed by atoms with Gasteiger partial charge < -0.3 is 0 Å². The van der Waals surface area contributed by atoms with Crippen molar-refractivity contribution in [2.75, 3.05) is 6.54 Å². The van der Waals surface area contributed by atoms with Crippen molar-refractivity contribution in [2.24, 2.45) is 0 Å². The predicted molar refractivity (Wildman–Crippen MR) is 90.2 cm³/mol. The Morgan fingerprint density at radius 3 is 2.65 bits per heavy atom. The maximum atomic E-state index is 12.9. The van der Waals surface area contributed by atoms with E-state index in [1.807, 2.05) is 5.38 Å². The van der Waals surface area contributed by atoms with Crippen LogP contribution in [0.2, 0.25) is 5.02 Å². The van der Waals surface area contributed by atoms with Crippen molar-refractivity contribution in [3.63, 3.8) is 0 Å². The van der Waals surface area contributed by atoms with Crippen LogP contribution in [-0.2, 0) is 16.6 Å². The molecular weight excluding hydrogens is 360 g/mol. The van der Waals surface area contributed by atoms with Gasteiger partial charge in [0.25, 0.3) is 15.7 Å². The van der Waals surface area contributed by atoms with Crippen molar-refractivity contribution in [3.05, 3.63) is 68.4 Å². The van der Waals surface area contributed by atoms with Gasteiger partial charge in [-0.15, -0.1) is 17.9 Å². The molecule has 122 valence electrons. The highest BCUT2D eigenvalue weighted by molar-refractivity contribution is 7.89. The lowest BCUT2D eigenvalue weighted by atomic mass is 10.3. The van der Waals surface area contributed by atoms with Gasteiger partial charge in [0.15, 0.2) is 4.90 Å². The van der Waals surface area contributed by atoms with E-state index in [9.17, 15) is 18.5 Å². The van der Waals surface area contributed by atoms with Crippen LogP contribution in [-0.4, -0.2) is 24.2 Å². The molecule has 0 spiro atoms. The van der Waals surface area contributed by atoms with E-state index in [4.69, 9.17) is 11.6 Å². The fraction of sp³-hybridized carbons (Fsp3) is 0.143. The number of nitro benzene ring substituents is 1. The molecule has 6 nitrogen and oxygen atoms in total. The number of benzene rings is 1. The first-order valence-corrected chi connectivity index (χ1v) is 9.14. The molecule has 0 atom stereocenters. The highest BCUT2D eigenvalue weighted by Crippen LogP contribution is 2.34. The fourth-order valence-corrected chi connectivity index (χ4v) is 4.85.